The third-order valence-corrected chi connectivity index (χ3v) is 2.85. The van der Waals surface area contributed by atoms with E-state index in [2.05, 4.69) is 24.4 Å². The number of nitrogens with one attached hydrogen (secondary N) is 1. The van der Waals surface area contributed by atoms with Crippen molar-refractivity contribution in [3.8, 4) is 6.07 Å². The Balaban J connectivity index is 2.35. The first kappa shape index (κ1) is 9.23. The molecule has 2 heteroatoms. The van der Waals surface area contributed by atoms with E-state index in [1.807, 2.05) is 12.1 Å². The predicted molar refractivity (Wildman–Crippen MR) is 55.9 cm³/mol. The van der Waals surface area contributed by atoms with Gasteiger partial charge in [0, 0.05) is 6.04 Å². The van der Waals surface area contributed by atoms with E-state index in [0.717, 1.165) is 18.5 Å². The molecule has 72 valence electrons. The highest BCUT2D eigenvalue weighted by molar-refractivity contribution is 5.40. The van der Waals surface area contributed by atoms with E-state index in [1.165, 1.54) is 17.5 Å². The number of benzene rings is 1. The molecule has 1 aliphatic heterocycles. The van der Waals surface area contributed by atoms with Crippen molar-refractivity contribution >= 4 is 0 Å². The van der Waals surface area contributed by atoms with Crippen molar-refractivity contribution < 1.29 is 0 Å². The average Bonchev–Trinajstić information content (AvgIpc) is 2.16. The van der Waals surface area contributed by atoms with Gasteiger partial charge in [0.25, 0.3) is 0 Å². The van der Waals surface area contributed by atoms with Crippen molar-refractivity contribution in [1.29, 1.82) is 5.26 Å². The number of hydrogen-bond donors (Lipinski definition) is 1. The quantitative estimate of drug-likeness (QED) is 0.768. The van der Waals surface area contributed by atoms with Crippen LogP contribution in [0.15, 0.2) is 18.2 Å². The summed E-state index contributed by atoms with van der Waals surface area (Å²) in [7, 11) is 0. The molecule has 0 aromatic heterocycles. The molecule has 0 radical (unpaired) electrons. The van der Waals surface area contributed by atoms with Crippen molar-refractivity contribution in [3.05, 3.63) is 34.9 Å². The lowest BCUT2D eigenvalue weighted by atomic mass is 9.91. The number of nitriles is 1. The standard InChI is InChI=1S/C12H14N2/c1-2-10-7-9(8-13)3-4-11(10)12-5-6-14-12/h3-4,7,12,14H,2,5-6H2,1H3/t12-/m1/s1. The maximum absolute atomic E-state index is 8.79. The molecule has 1 aromatic carbocycles. The molecule has 0 amide bonds. The minimum absolute atomic E-state index is 0.526. The van der Waals surface area contributed by atoms with Crippen molar-refractivity contribution in [2.45, 2.75) is 25.8 Å². The number of hydrogen-bond acceptors (Lipinski definition) is 2. The molecule has 0 unspecified atom stereocenters. The van der Waals surface area contributed by atoms with E-state index in [0.29, 0.717) is 6.04 Å². The van der Waals surface area contributed by atoms with Crippen LogP contribution < -0.4 is 5.32 Å². The first-order valence-corrected chi connectivity index (χ1v) is 5.11. The van der Waals surface area contributed by atoms with E-state index in [9.17, 15) is 0 Å². The molecule has 1 atom stereocenters. The number of rotatable bonds is 2. The highest BCUT2D eigenvalue weighted by Crippen LogP contribution is 2.26. The van der Waals surface area contributed by atoms with Gasteiger partial charge in [0.15, 0.2) is 0 Å². The molecule has 2 rings (SSSR count). The molecular formula is C12H14N2. The summed E-state index contributed by atoms with van der Waals surface area (Å²) in [4.78, 5) is 0. The molecule has 2 nitrogen and oxygen atoms in total. The van der Waals surface area contributed by atoms with Crippen LogP contribution in [-0.2, 0) is 6.42 Å². The van der Waals surface area contributed by atoms with Crippen LogP contribution in [-0.4, -0.2) is 6.54 Å². The molecule has 1 heterocycles. The lowest BCUT2D eigenvalue weighted by Gasteiger charge is -2.29. The van der Waals surface area contributed by atoms with Gasteiger partial charge in [-0.3, -0.25) is 0 Å². The average molecular weight is 186 g/mol. The third-order valence-electron chi connectivity index (χ3n) is 2.85. The third kappa shape index (κ3) is 1.51. The first-order valence-electron chi connectivity index (χ1n) is 5.11. The van der Waals surface area contributed by atoms with Crippen LogP contribution in [0.1, 0.15) is 36.1 Å². The van der Waals surface area contributed by atoms with Gasteiger partial charge in [0.1, 0.15) is 0 Å². The fraction of sp³-hybridized carbons (Fsp3) is 0.417. The second kappa shape index (κ2) is 3.81. The summed E-state index contributed by atoms with van der Waals surface area (Å²) in [6.45, 7) is 3.26. The Labute approximate surface area is 84.6 Å². The predicted octanol–water partition coefficient (Wildman–Crippen LogP) is 2.16. The van der Waals surface area contributed by atoms with Gasteiger partial charge in [-0.25, -0.2) is 0 Å². The molecule has 0 bridgehead atoms. The topological polar surface area (TPSA) is 35.8 Å². The zero-order valence-corrected chi connectivity index (χ0v) is 8.38. The van der Waals surface area contributed by atoms with Crippen LogP contribution in [0, 0.1) is 11.3 Å². The summed E-state index contributed by atoms with van der Waals surface area (Å²) in [5.41, 5.74) is 3.45. The second-order valence-electron chi connectivity index (χ2n) is 3.67. The maximum Gasteiger partial charge on any atom is 0.0991 e. The van der Waals surface area contributed by atoms with Gasteiger partial charge in [0.05, 0.1) is 11.6 Å². The van der Waals surface area contributed by atoms with E-state index in [1.54, 1.807) is 0 Å². The fourth-order valence-corrected chi connectivity index (χ4v) is 1.88. The summed E-state index contributed by atoms with van der Waals surface area (Å²) in [5, 5.41) is 12.2. The van der Waals surface area contributed by atoms with Crippen LogP contribution in [0.2, 0.25) is 0 Å². The zero-order valence-electron chi connectivity index (χ0n) is 8.38. The Bertz CT molecular complexity index is 372. The molecule has 1 aliphatic rings. The minimum Gasteiger partial charge on any atom is -0.310 e. The van der Waals surface area contributed by atoms with Crippen molar-refractivity contribution in [1.82, 2.24) is 5.32 Å². The molecule has 1 saturated heterocycles. The van der Waals surface area contributed by atoms with Crippen molar-refractivity contribution in [2.75, 3.05) is 6.54 Å². The molecular weight excluding hydrogens is 172 g/mol. The van der Waals surface area contributed by atoms with Gasteiger partial charge < -0.3 is 5.32 Å². The Kier molecular flexibility index (Phi) is 2.51. The lowest BCUT2D eigenvalue weighted by molar-refractivity contribution is 0.381. The molecule has 1 N–H and O–H groups in total. The van der Waals surface area contributed by atoms with Crippen LogP contribution in [0.5, 0.6) is 0 Å². The summed E-state index contributed by atoms with van der Waals surface area (Å²) in [5.74, 6) is 0. The monoisotopic (exact) mass is 186 g/mol. The highest BCUT2D eigenvalue weighted by Gasteiger charge is 2.20. The zero-order chi connectivity index (χ0) is 9.97. The van der Waals surface area contributed by atoms with Crippen LogP contribution in [0.25, 0.3) is 0 Å². The van der Waals surface area contributed by atoms with Crippen molar-refractivity contribution in [2.24, 2.45) is 0 Å². The summed E-state index contributed by atoms with van der Waals surface area (Å²) < 4.78 is 0. The molecule has 1 fully saturated rings. The van der Waals surface area contributed by atoms with E-state index < -0.39 is 0 Å². The Morgan fingerprint density at radius 2 is 2.36 bits per heavy atom. The highest BCUT2D eigenvalue weighted by atomic mass is 15.0. The molecule has 14 heavy (non-hydrogen) atoms. The first-order chi connectivity index (χ1) is 6.85. The van der Waals surface area contributed by atoms with Gasteiger partial charge in [-0.2, -0.15) is 5.26 Å². The smallest absolute Gasteiger partial charge is 0.0991 e. The van der Waals surface area contributed by atoms with Crippen molar-refractivity contribution in [3.63, 3.8) is 0 Å². The Hall–Kier alpha value is -1.33. The van der Waals surface area contributed by atoms with Gasteiger partial charge in [-0.05, 0) is 42.6 Å². The van der Waals surface area contributed by atoms with Gasteiger partial charge in [-0.15, -0.1) is 0 Å². The van der Waals surface area contributed by atoms with E-state index in [4.69, 9.17) is 5.26 Å². The molecule has 0 aliphatic carbocycles. The Morgan fingerprint density at radius 3 is 2.86 bits per heavy atom. The van der Waals surface area contributed by atoms with Gasteiger partial charge >= 0.3 is 0 Å². The summed E-state index contributed by atoms with van der Waals surface area (Å²) >= 11 is 0. The maximum atomic E-state index is 8.79. The Morgan fingerprint density at radius 1 is 1.57 bits per heavy atom. The van der Waals surface area contributed by atoms with Crippen LogP contribution in [0.4, 0.5) is 0 Å². The molecule has 0 spiro atoms. The lowest BCUT2D eigenvalue weighted by Crippen LogP contribution is -2.35. The summed E-state index contributed by atoms with van der Waals surface area (Å²) in [6.07, 6.45) is 2.22. The second-order valence-corrected chi connectivity index (χ2v) is 3.67. The minimum atomic E-state index is 0.526. The SMILES string of the molecule is CCc1cc(C#N)ccc1[C@H]1CCN1. The fourth-order valence-electron chi connectivity index (χ4n) is 1.88. The number of nitrogens with zero attached hydrogens (tertiary/aromatic N) is 1. The van der Waals surface area contributed by atoms with Crippen LogP contribution in [0.3, 0.4) is 0 Å². The van der Waals surface area contributed by atoms with E-state index >= 15 is 0 Å². The van der Waals surface area contributed by atoms with Gasteiger partial charge in [0.2, 0.25) is 0 Å². The normalized spacial score (nSPS) is 19.9. The number of aryl methyl sites for hydroxylation is 1. The summed E-state index contributed by atoms with van der Waals surface area (Å²) in [6, 6.07) is 8.72. The van der Waals surface area contributed by atoms with E-state index in [-0.39, 0.29) is 0 Å². The molecule has 0 saturated carbocycles. The van der Waals surface area contributed by atoms with Crippen LogP contribution >= 0.6 is 0 Å². The van der Waals surface area contributed by atoms with Gasteiger partial charge in [-0.1, -0.05) is 13.0 Å². The largest absolute Gasteiger partial charge is 0.310 e. The molecule has 1 aromatic rings.